The molecule has 4 N–H and O–H groups in total. The van der Waals surface area contributed by atoms with Gasteiger partial charge < -0.3 is 24.7 Å². The summed E-state index contributed by atoms with van der Waals surface area (Å²) in [4.78, 5) is 0. The van der Waals surface area contributed by atoms with Crippen molar-refractivity contribution in [1.29, 1.82) is 0 Å². The summed E-state index contributed by atoms with van der Waals surface area (Å²) in [6, 6.07) is 0.731. The van der Waals surface area contributed by atoms with Gasteiger partial charge in [-0.15, -0.1) is 0 Å². The predicted molar refractivity (Wildman–Crippen MR) is 67.1 cm³/mol. The van der Waals surface area contributed by atoms with Crippen LogP contribution in [0.15, 0.2) is 0 Å². The maximum Gasteiger partial charge on any atom is 0.500 e. The largest absolute Gasteiger partial charge is 0.500 e. The highest BCUT2D eigenvalue weighted by atomic mass is 28.4. The zero-order chi connectivity index (χ0) is 12.4. The molecule has 98 valence electrons. The Morgan fingerprint density at radius 3 is 1.75 bits per heavy atom. The smallest absolute Gasteiger partial charge is 0.374 e. The van der Waals surface area contributed by atoms with Crippen LogP contribution in [0.5, 0.6) is 0 Å². The van der Waals surface area contributed by atoms with E-state index in [0.717, 1.165) is 12.5 Å². The Morgan fingerprint density at radius 1 is 1.00 bits per heavy atom. The first-order chi connectivity index (χ1) is 7.64. The summed E-state index contributed by atoms with van der Waals surface area (Å²) in [5, 5.41) is 0. The second-order valence-electron chi connectivity index (χ2n) is 3.52. The Balaban J connectivity index is 4.34. The molecule has 0 aromatic heterocycles. The summed E-state index contributed by atoms with van der Waals surface area (Å²) < 4.78 is 17.1. The van der Waals surface area contributed by atoms with Gasteiger partial charge in [0, 0.05) is 38.5 Å². The van der Waals surface area contributed by atoms with Crippen LogP contribution in [-0.2, 0) is 13.3 Å². The highest BCUT2D eigenvalue weighted by molar-refractivity contribution is 6.60. The van der Waals surface area contributed by atoms with Crippen molar-refractivity contribution in [2.45, 2.75) is 39.3 Å². The molecule has 6 heteroatoms. The molecule has 1 unspecified atom stereocenters. The molecule has 0 aliphatic rings. The van der Waals surface area contributed by atoms with E-state index in [2.05, 4.69) is 0 Å². The van der Waals surface area contributed by atoms with Crippen molar-refractivity contribution in [3.8, 4) is 0 Å². The Bertz CT molecular complexity index is 155. The minimum atomic E-state index is -2.51. The van der Waals surface area contributed by atoms with Gasteiger partial charge in [0.2, 0.25) is 0 Å². The quantitative estimate of drug-likeness (QED) is 0.558. The zero-order valence-electron chi connectivity index (χ0n) is 10.7. The molecule has 0 aromatic carbocycles. The fraction of sp³-hybridized carbons (Fsp3) is 1.00. The molecule has 0 spiro atoms. The van der Waals surface area contributed by atoms with Gasteiger partial charge in [0.15, 0.2) is 0 Å². The molecule has 0 bridgehead atoms. The molecule has 0 rings (SSSR count). The van der Waals surface area contributed by atoms with Crippen molar-refractivity contribution >= 4 is 8.80 Å². The van der Waals surface area contributed by atoms with E-state index in [-0.39, 0.29) is 6.04 Å². The Morgan fingerprint density at radius 2 is 1.44 bits per heavy atom. The molecule has 0 aliphatic heterocycles. The second kappa shape index (κ2) is 9.09. The van der Waals surface area contributed by atoms with E-state index < -0.39 is 8.80 Å². The monoisotopic (exact) mass is 250 g/mol. The summed E-state index contributed by atoms with van der Waals surface area (Å²) in [6.45, 7) is 8.13. The van der Waals surface area contributed by atoms with Gasteiger partial charge in [-0.3, -0.25) is 0 Å². The predicted octanol–water partition coefficient (Wildman–Crippen LogP) is 0.711. The van der Waals surface area contributed by atoms with Gasteiger partial charge in [0.1, 0.15) is 0 Å². The van der Waals surface area contributed by atoms with Gasteiger partial charge in [0.05, 0.1) is 0 Å². The molecule has 0 aromatic rings. The van der Waals surface area contributed by atoms with Gasteiger partial charge in [0.25, 0.3) is 0 Å². The van der Waals surface area contributed by atoms with E-state index in [1.807, 2.05) is 20.8 Å². The molecular formula is C10H26N2O3Si. The molecule has 0 saturated heterocycles. The van der Waals surface area contributed by atoms with Crippen molar-refractivity contribution in [1.82, 2.24) is 0 Å². The minimum Gasteiger partial charge on any atom is -0.374 e. The van der Waals surface area contributed by atoms with Crippen molar-refractivity contribution in [2.75, 3.05) is 26.4 Å². The van der Waals surface area contributed by atoms with Crippen LogP contribution in [0.4, 0.5) is 0 Å². The first-order valence-electron chi connectivity index (χ1n) is 6.01. The molecule has 0 saturated carbocycles. The third-order valence-electron chi connectivity index (χ3n) is 2.22. The van der Waals surface area contributed by atoms with Crippen molar-refractivity contribution in [2.24, 2.45) is 11.5 Å². The molecule has 0 heterocycles. The van der Waals surface area contributed by atoms with Crippen LogP contribution >= 0.6 is 0 Å². The van der Waals surface area contributed by atoms with Gasteiger partial charge in [-0.1, -0.05) is 0 Å². The highest BCUT2D eigenvalue weighted by Gasteiger charge is 2.40. The number of hydrogen-bond donors (Lipinski definition) is 2. The van der Waals surface area contributed by atoms with Crippen LogP contribution in [0.25, 0.3) is 0 Å². The van der Waals surface area contributed by atoms with Gasteiger partial charge in [-0.05, 0) is 27.2 Å². The molecule has 0 fully saturated rings. The van der Waals surface area contributed by atoms with Crippen LogP contribution < -0.4 is 11.5 Å². The molecule has 0 aliphatic carbocycles. The first-order valence-corrected chi connectivity index (χ1v) is 7.94. The third-order valence-corrected chi connectivity index (χ3v) is 5.30. The van der Waals surface area contributed by atoms with Crippen molar-refractivity contribution in [3.05, 3.63) is 0 Å². The van der Waals surface area contributed by atoms with Gasteiger partial charge in [-0.2, -0.15) is 0 Å². The molecule has 16 heavy (non-hydrogen) atoms. The van der Waals surface area contributed by atoms with E-state index in [1.165, 1.54) is 0 Å². The molecule has 1 atom stereocenters. The lowest BCUT2D eigenvalue weighted by Crippen LogP contribution is -2.47. The number of rotatable bonds is 10. The maximum absolute atomic E-state index is 5.80. The van der Waals surface area contributed by atoms with Crippen molar-refractivity contribution < 1.29 is 13.3 Å². The minimum absolute atomic E-state index is 0.00626. The maximum atomic E-state index is 5.80. The van der Waals surface area contributed by atoms with Gasteiger partial charge in [-0.25, -0.2) is 0 Å². The Hall–Kier alpha value is 0.0169. The van der Waals surface area contributed by atoms with E-state index in [1.54, 1.807) is 0 Å². The van der Waals surface area contributed by atoms with E-state index in [9.17, 15) is 0 Å². The second-order valence-corrected chi connectivity index (χ2v) is 6.25. The SMILES string of the molecule is CCO[Si](CCC(N)CN)(OCC)OCC. The third kappa shape index (κ3) is 5.93. The fourth-order valence-electron chi connectivity index (χ4n) is 1.48. The average Bonchev–Trinajstić information content (AvgIpc) is 2.27. The van der Waals surface area contributed by atoms with Crippen molar-refractivity contribution in [3.63, 3.8) is 0 Å². The highest BCUT2D eigenvalue weighted by Crippen LogP contribution is 2.18. The summed E-state index contributed by atoms with van der Waals surface area (Å²) in [6.07, 6.45) is 0.780. The number of hydrogen-bond acceptors (Lipinski definition) is 5. The lowest BCUT2D eigenvalue weighted by Gasteiger charge is -2.29. The van der Waals surface area contributed by atoms with E-state index >= 15 is 0 Å². The topological polar surface area (TPSA) is 79.7 Å². The van der Waals surface area contributed by atoms with Crippen LogP contribution in [0.2, 0.25) is 6.04 Å². The number of nitrogens with two attached hydrogens (primary N) is 2. The first kappa shape index (κ1) is 16.0. The summed E-state index contributed by atoms with van der Waals surface area (Å²) in [7, 11) is -2.51. The molecule has 5 nitrogen and oxygen atoms in total. The van der Waals surface area contributed by atoms with E-state index in [0.29, 0.717) is 26.4 Å². The Labute approximate surface area is 99.8 Å². The Kier molecular flexibility index (Phi) is 9.10. The summed E-state index contributed by atoms with van der Waals surface area (Å²) in [5.74, 6) is 0. The van der Waals surface area contributed by atoms with Crippen LogP contribution in [0.3, 0.4) is 0 Å². The molecule has 0 radical (unpaired) electrons. The zero-order valence-corrected chi connectivity index (χ0v) is 11.7. The fourth-order valence-corrected chi connectivity index (χ4v) is 4.21. The average molecular weight is 250 g/mol. The van der Waals surface area contributed by atoms with E-state index in [4.69, 9.17) is 24.7 Å². The lowest BCUT2D eigenvalue weighted by molar-refractivity contribution is 0.0704. The summed E-state index contributed by atoms with van der Waals surface area (Å²) >= 11 is 0. The molecule has 0 amide bonds. The normalized spacial score (nSPS) is 14.1. The van der Waals surface area contributed by atoms with Crippen LogP contribution in [0.1, 0.15) is 27.2 Å². The van der Waals surface area contributed by atoms with Crippen LogP contribution in [0, 0.1) is 0 Å². The molecular weight excluding hydrogens is 224 g/mol. The van der Waals surface area contributed by atoms with Gasteiger partial charge >= 0.3 is 8.80 Å². The summed E-state index contributed by atoms with van der Waals surface area (Å²) in [5.41, 5.74) is 11.3. The standard InChI is InChI=1S/C10H26N2O3Si/c1-4-13-16(14-5-2,15-6-3)8-7-10(12)9-11/h10H,4-9,11-12H2,1-3H3. The lowest BCUT2D eigenvalue weighted by atomic mass is 10.2. The van der Waals surface area contributed by atoms with Crippen LogP contribution in [-0.4, -0.2) is 41.2 Å².